The van der Waals surface area contributed by atoms with Gasteiger partial charge in [0, 0.05) is 19.1 Å². The van der Waals surface area contributed by atoms with E-state index in [-0.39, 0.29) is 6.79 Å². The van der Waals surface area contributed by atoms with Crippen LogP contribution in [0.2, 0.25) is 0 Å². The van der Waals surface area contributed by atoms with Gasteiger partial charge in [0.05, 0.1) is 17.8 Å². The Balaban J connectivity index is 1.87. The van der Waals surface area contributed by atoms with Gasteiger partial charge in [-0.25, -0.2) is 0 Å². The molecule has 2 aliphatic heterocycles. The van der Waals surface area contributed by atoms with Crippen LogP contribution in [0.1, 0.15) is 33.3 Å². The normalized spacial score (nSPS) is 20.3. The average molecular weight is 356 g/mol. The number of hydrogen-bond donors (Lipinski definition) is 0. The van der Waals surface area contributed by atoms with Crippen LogP contribution in [-0.4, -0.2) is 38.8 Å². The molecule has 2 heterocycles. The topological polar surface area (TPSA) is 46.2 Å². The first-order valence-corrected chi connectivity index (χ1v) is 9.02. The van der Waals surface area contributed by atoms with Crippen molar-refractivity contribution in [3.63, 3.8) is 0 Å². The molecule has 1 fully saturated rings. The molecule has 2 aliphatic rings. The van der Waals surface area contributed by atoms with Crippen molar-refractivity contribution in [2.75, 3.05) is 20.5 Å². The minimum absolute atomic E-state index is 0.197. The lowest BCUT2D eigenvalue weighted by molar-refractivity contribution is 0.00578. The summed E-state index contributed by atoms with van der Waals surface area (Å²) in [5.74, 6) is 1.68. The molecule has 0 N–H and O–H groups in total. The molecule has 6 heteroatoms. The van der Waals surface area contributed by atoms with E-state index in [0.717, 1.165) is 34.2 Å². The van der Waals surface area contributed by atoms with Crippen molar-refractivity contribution in [1.82, 2.24) is 0 Å². The molecule has 138 valence electrons. The van der Waals surface area contributed by atoms with Gasteiger partial charge in [-0.15, -0.1) is 0 Å². The van der Waals surface area contributed by atoms with E-state index in [9.17, 15) is 0 Å². The van der Waals surface area contributed by atoms with Gasteiger partial charge >= 0.3 is 7.12 Å². The van der Waals surface area contributed by atoms with Gasteiger partial charge in [-0.2, -0.15) is 0 Å². The highest BCUT2D eigenvalue weighted by atomic mass is 16.7. The number of benzene rings is 2. The molecule has 1 saturated heterocycles. The number of rotatable bonds is 4. The first-order chi connectivity index (χ1) is 12.3. The third-order valence-corrected chi connectivity index (χ3v) is 5.65. The van der Waals surface area contributed by atoms with Gasteiger partial charge in [-0.1, -0.05) is 6.07 Å². The molecule has 0 amide bonds. The summed E-state index contributed by atoms with van der Waals surface area (Å²) in [6, 6.07) is 8.12. The minimum Gasteiger partial charge on any atom is -0.493 e. The fourth-order valence-corrected chi connectivity index (χ4v) is 3.54. The van der Waals surface area contributed by atoms with Gasteiger partial charge in [-0.05, 0) is 62.1 Å². The summed E-state index contributed by atoms with van der Waals surface area (Å²) in [5, 5.41) is 2.23. The summed E-state index contributed by atoms with van der Waals surface area (Å²) in [6.07, 6.45) is 0.886. The molecule has 0 bridgehead atoms. The zero-order valence-electron chi connectivity index (χ0n) is 16.0. The monoisotopic (exact) mass is 356 g/mol. The van der Waals surface area contributed by atoms with Crippen LogP contribution in [-0.2, 0) is 20.5 Å². The third-order valence-electron chi connectivity index (χ3n) is 5.65. The quantitative estimate of drug-likeness (QED) is 0.623. The van der Waals surface area contributed by atoms with Crippen LogP contribution in [0.3, 0.4) is 0 Å². The van der Waals surface area contributed by atoms with Crippen LogP contribution in [0.4, 0.5) is 0 Å². The first-order valence-electron chi connectivity index (χ1n) is 9.02. The molecule has 0 spiro atoms. The minimum atomic E-state index is -0.458. The van der Waals surface area contributed by atoms with E-state index in [1.807, 2.05) is 18.2 Å². The van der Waals surface area contributed by atoms with Crippen LogP contribution in [0.5, 0.6) is 11.5 Å². The van der Waals surface area contributed by atoms with Crippen molar-refractivity contribution in [2.45, 2.75) is 45.3 Å². The Bertz CT molecular complexity index is 830. The van der Waals surface area contributed by atoms with Crippen LogP contribution < -0.4 is 14.9 Å². The maximum Gasteiger partial charge on any atom is 0.495 e. The van der Waals surface area contributed by atoms with E-state index in [2.05, 4.69) is 33.8 Å². The summed E-state index contributed by atoms with van der Waals surface area (Å²) in [7, 11) is 1.15. The molecule has 26 heavy (non-hydrogen) atoms. The van der Waals surface area contributed by atoms with Gasteiger partial charge in [0.15, 0.2) is 6.79 Å². The van der Waals surface area contributed by atoms with Crippen molar-refractivity contribution in [3.05, 3.63) is 29.8 Å². The fourth-order valence-electron chi connectivity index (χ4n) is 3.54. The Labute approximate surface area is 154 Å². The summed E-state index contributed by atoms with van der Waals surface area (Å²) < 4.78 is 29.2. The van der Waals surface area contributed by atoms with Crippen LogP contribution in [0, 0.1) is 0 Å². The lowest BCUT2D eigenvalue weighted by Crippen LogP contribution is -2.41. The first kappa shape index (κ1) is 17.6. The Morgan fingerprint density at radius 1 is 1.08 bits per heavy atom. The smallest absolute Gasteiger partial charge is 0.493 e. The van der Waals surface area contributed by atoms with Crippen LogP contribution in [0.25, 0.3) is 10.8 Å². The van der Waals surface area contributed by atoms with E-state index in [4.69, 9.17) is 23.5 Å². The summed E-state index contributed by atoms with van der Waals surface area (Å²) in [5.41, 5.74) is 1.39. The zero-order chi connectivity index (χ0) is 18.5. The molecule has 0 radical (unpaired) electrons. The van der Waals surface area contributed by atoms with Crippen LogP contribution in [0.15, 0.2) is 24.3 Å². The van der Waals surface area contributed by atoms with E-state index in [1.165, 1.54) is 5.56 Å². The second-order valence-corrected chi connectivity index (χ2v) is 7.89. The molecule has 4 rings (SSSR count). The zero-order valence-corrected chi connectivity index (χ0v) is 16.0. The van der Waals surface area contributed by atoms with Crippen molar-refractivity contribution < 1.29 is 23.5 Å². The molecule has 0 aromatic heterocycles. The highest BCUT2D eigenvalue weighted by Gasteiger charge is 2.52. The molecule has 0 saturated carbocycles. The van der Waals surface area contributed by atoms with Crippen molar-refractivity contribution in [1.29, 1.82) is 0 Å². The van der Waals surface area contributed by atoms with Crippen molar-refractivity contribution in [2.24, 2.45) is 0 Å². The van der Waals surface area contributed by atoms with Gasteiger partial charge in [0.25, 0.3) is 0 Å². The number of fused-ring (bicyclic) bond motifs is 3. The molecule has 2 aromatic rings. The molecular formula is C20H25BO5. The van der Waals surface area contributed by atoms with Crippen LogP contribution >= 0.6 is 0 Å². The molecular weight excluding hydrogens is 331 g/mol. The van der Waals surface area contributed by atoms with Gasteiger partial charge in [-0.3, -0.25) is 0 Å². The predicted molar refractivity (Wildman–Crippen MR) is 101 cm³/mol. The Morgan fingerprint density at radius 2 is 1.81 bits per heavy atom. The predicted octanol–water partition coefficient (Wildman–Crippen LogP) is 3.06. The second kappa shape index (κ2) is 6.15. The standard InChI is InChI=1S/C20H25BO5/c1-19(2)20(3,4)26-21(25-19)16-11-14(24-12-22-5)10-13-6-7-17-15(18(13)16)8-9-23-17/h6-7,10-11H,8-9,12H2,1-5H3. The van der Waals surface area contributed by atoms with Gasteiger partial charge < -0.3 is 23.5 Å². The summed E-state index contributed by atoms with van der Waals surface area (Å²) >= 11 is 0. The lowest BCUT2D eigenvalue weighted by atomic mass is 9.74. The van der Waals surface area contributed by atoms with Crippen molar-refractivity contribution in [3.8, 4) is 11.5 Å². The van der Waals surface area contributed by atoms with E-state index in [1.54, 1.807) is 7.11 Å². The third kappa shape index (κ3) is 2.77. The van der Waals surface area contributed by atoms with Gasteiger partial charge in [0.1, 0.15) is 11.5 Å². The number of ether oxygens (including phenoxy) is 3. The lowest BCUT2D eigenvalue weighted by Gasteiger charge is -2.32. The molecule has 0 unspecified atom stereocenters. The summed E-state index contributed by atoms with van der Waals surface area (Å²) in [6.45, 7) is 9.16. The Kier molecular flexibility index (Phi) is 4.17. The van der Waals surface area contributed by atoms with Gasteiger partial charge in [0.2, 0.25) is 0 Å². The maximum atomic E-state index is 6.33. The van der Waals surface area contributed by atoms with E-state index in [0.29, 0.717) is 6.61 Å². The fraction of sp³-hybridized carbons (Fsp3) is 0.500. The second-order valence-electron chi connectivity index (χ2n) is 7.89. The Morgan fingerprint density at radius 3 is 2.50 bits per heavy atom. The number of hydrogen-bond acceptors (Lipinski definition) is 5. The Hall–Kier alpha value is -1.76. The number of methoxy groups -OCH3 is 1. The molecule has 0 aliphatic carbocycles. The molecule has 5 nitrogen and oxygen atoms in total. The maximum absolute atomic E-state index is 6.33. The molecule has 0 atom stereocenters. The largest absolute Gasteiger partial charge is 0.495 e. The molecule has 2 aromatic carbocycles. The highest BCUT2D eigenvalue weighted by molar-refractivity contribution is 6.65. The van der Waals surface area contributed by atoms with E-state index < -0.39 is 18.3 Å². The SMILES string of the molecule is COCOc1cc(B2OC(C)(C)C(C)(C)O2)c2c3c(ccc2c1)OCC3. The highest BCUT2D eigenvalue weighted by Crippen LogP contribution is 2.39. The summed E-state index contributed by atoms with van der Waals surface area (Å²) in [4.78, 5) is 0. The van der Waals surface area contributed by atoms with Crippen molar-refractivity contribution >= 4 is 23.4 Å². The van der Waals surface area contributed by atoms with E-state index >= 15 is 0 Å². The average Bonchev–Trinajstić information content (AvgIpc) is 3.14.